The molecule has 3 N–H and O–H groups in total. The van der Waals surface area contributed by atoms with Gasteiger partial charge in [-0.25, -0.2) is 10.5 Å². The average molecular weight is 375 g/mol. The van der Waals surface area contributed by atoms with Crippen molar-refractivity contribution < 1.29 is 10.0 Å². The zero-order chi connectivity index (χ0) is 19.3. The zero-order valence-corrected chi connectivity index (χ0v) is 15.3. The van der Waals surface area contributed by atoms with Gasteiger partial charge < -0.3 is 10.2 Å². The number of hydroxylamine groups is 1. The summed E-state index contributed by atoms with van der Waals surface area (Å²) in [5.74, 6) is 0.977. The van der Waals surface area contributed by atoms with Gasteiger partial charge in [-0.3, -0.25) is 10.0 Å². The first-order valence-electron chi connectivity index (χ1n) is 9.15. The molecule has 0 radical (unpaired) electrons. The molecule has 1 aromatic heterocycles. The van der Waals surface area contributed by atoms with Gasteiger partial charge in [-0.05, 0) is 41.3 Å². The number of fused-ring (bicyclic) bond motifs is 1. The van der Waals surface area contributed by atoms with Gasteiger partial charge in [-0.2, -0.15) is 4.98 Å². The normalized spacial score (nSPS) is 13.0. The van der Waals surface area contributed by atoms with E-state index in [4.69, 9.17) is 5.21 Å². The van der Waals surface area contributed by atoms with E-state index in [1.54, 1.807) is 17.7 Å². The SMILES string of the molecule is O=C(NO)c1ccc2c(c1)CCN(c1ccnc(NCc3ccccc3)n1)C2. The number of hydrogen-bond acceptors (Lipinski definition) is 6. The van der Waals surface area contributed by atoms with Crippen molar-refractivity contribution in [2.24, 2.45) is 0 Å². The van der Waals surface area contributed by atoms with E-state index in [0.29, 0.717) is 24.6 Å². The highest BCUT2D eigenvalue weighted by Crippen LogP contribution is 2.24. The molecule has 1 aliphatic heterocycles. The van der Waals surface area contributed by atoms with Crippen molar-refractivity contribution in [3.8, 4) is 0 Å². The molecule has 2 heterocycles. The van der Waals surface area contributed by atoms with Crippen LogP contribution in [0.3, 0.4) is 0 Å². The highest BCUT2D eigenvalue weighted by Gasteiger charge is 2.19. The summed E-state index contributed by atoms with van der Waals surface area (Å²) in [5, 5.41) is 12.1. The number of aromatic nitrogens is 2. The van der Waals surface area contributed by atoms with Gasteiger partial charge in [0.1, 0.15) is 5.82 Å². The van der Waals surface area contributed by atoms with Gasteiger partial charge in [0.2, 0.25) is 5.95 Å². The number of carbonyl (C=O) groups is 1. The number of nitrogens with one attached hydrogen (secondary N) is 2. The zero-order valence-electron chi connectivity index (χ0n) is 15.3. The molecule has 4 rings (SSSR count). The summed E-state index contributed by atoms with van der Waals surface area (Å²) in [6.07, 6.45) is 2.57. The minimum absolute atomic E-state index is 0.462. The van der Waals surface area contributed by atoms with Crippen LogP contribution in [-0.4, -0.2) is 27.6 Å². The second kappa shape index (κ2) is 8.06. The number of amides is 1. The van der Waals surface area contributed by atoms with Gasteiger partial charge in [-0.15, -0.1) is 0 Å². The van der Waals surface area contributed by atoms with E-state index in [1.807, 2.05) is 36.4 Å². The Labute approximate surface area is 163 Å². The van der Waals surface area contributed by atoms with Crippen molar-refractivity contribution in [1.29, 1.82) is 0 Å². The Kier molecular flexibility index (Phi) is 5.16. The molecule has 0 fully saturated rings. The maximum atomic E-state index is 11.6. The molecule has 0 saturated carbocycles. The number of nitrogens with zero attached hydrogens (tertiary/aromatic N) is 3. The van der Waals surface area contributed by atoms with Crippen molar-refractivity contribution in [2.45, 2.75) is 19.5 Å². The molecule has 3 aromatic rings. The summed E-state index contributed by atoms with van der Waals surface area (Å²) in [5.41, 5.74) is 5.58. The number of anilines is 2. The lowest BCUT2D eigenvalue weighted by Gasteiger charge is -2.30. The van der Waals surface area contributed by atoms with Crippen LogP contribution < -0.4 is 15.7 Å². The third-order valence-corrected chi connectivity index (χ3v) is 4.84. The molecule has 142 valence electrons. The molecule has 7 heteroatoms. The standard InChI is InChI=1S/C21H21N5O2/c27-20(25-28)17-6-7-18-14-26(11-9-16(18)12-17)19-8-10-22-21(24-19)23-13-15-4-2-1-3-5-15/h1-8,10,12,28H,9,11,13-14H2,(H,25,27)(H,22,23,24). The van der Waals surface area contributed by atoms with Gasteiger partial charge >= 0.3 is 0 Å². The number of benzene rings is 2. The monoisotopic (exact) mass is 375 g/mol. The van der Waals surface area contributed by atoms with E-state index in [2.05, 4.69) is 32.3 Å². The fourth-order valence-corrected chi connectivity index (χ4v) is 3.34. The van der Waals surface area contributed by atoms with Crippen LogP contribution in [0.1, 0.15) is 27.0 Å². The lowest BCUT2D eigenvalue weighted by atomic mass is 9.97. The average Bonchev–Trinajstić information content (AvgIpc) is 2.77. The molecule has 0 unspecified atom stereocenters. The molecule has 28 heavy (non-hydrogen) atoms. The van der Waals surface area contributed by atoms with Crippen LogP contribution in [0.4, 0.5) is 11.8 Å². The molecule has 0 bridgehead atoms. The minimum atomic E-state index is -0.491. The molecule has 0 saturated heterocycles. The van der Waals surface area contributed by atoms with Crippen LogP contribution >= 0.6 is 0 Å². The molecule has 0 aliphatic carbocycles. The Morgan fingerprint density at radius 3 is 2.79 bits per heavy atom. The summed E-state index contributed by atoms with van der Waals surface area (Å²) in [4.78, 5) is 22.8. The first kappa shape index (κ1) is 17.9. The number of rotatable bonds is 5. The molecule has 1 amide bonds. The van der Waals surface area contributed by atoms with Gasteiger partial charge in [0.25, 0.3) is 5.91 Å². The van der Waals surface area contributed by atoms with Crippen molar-refractivity contribution in [3.05, 3.63) is 83.0 Å². The number of hydrogen-bond donors (Lipinski definition) is 3. The maximum absolute atomic E-state index is 11.6. The Balaban J connectivity index is 1.46. The van der Waals surface area contributed by atoms with Crippen LogP contribution in [0, 0.1) is 0 Å². The first-order chi connectivity index (χ1) is 13.7. The highest BCUT2D eigenvalue weighted by molar-refractivity contribution is 5.93. The van der Waals surface area contributed by atoms with Crippen LogP contribution in [-0.2, 0) is 19.5 Å². The number of carbonyl (C=O) groups excluding carboxylic acids is 1. The van der Waals surface area contributed by atoms with Crippen molar-refractivity contribution in [1.82, 2.24) is 15.4 Å². The van der Waals surface area contributed by atoms with Crippen molar-refractivity contribution >= 4 is 17.7 Å². The van der Waals surface area contributed by atoms with Gasteiger partial charge in [-0.1, -0.05) is 36.4 Å². The summed E-state index contributed by atoms with van der Waals surface area (Å²) in [6.45, 7) is 2.18. The predicted molar refractivity (Wildman–Crippen MR) is 106 cm³/mol. The second-order valence-corrected chi connectivity index (χ2v) is 6.67. The Morgan fingerprint density at radius 1 is 1.11 bits per heavy atom. The van der Waals surface area contributed by atoms with Gasteiger partial charge in [0.05, 0.1) is 0 Å². The third kappa shape index (κ3) is 3.94. The van der Waals surface area contributed by atoms with E-state index < -0.39 is 5.91 Å². The molecule has 0 atom stereocenters. The second-order valence-electron chi connectivity index (χ2n) is 6.67. The third-order valence-electron chi connectivity index (χ3n) is 4.84. The molecule has 0 spiro atoms. The fraction of sp³-hybridized carbons (Fsp3) is 0.190. The van der Waals surface area contributed by atoms with Gasteiger partial charge in [0.15, 0.2) is 0 Å². The Bertz CT molecular complexity index is 978. The maximum Gasteiger partial charge on any atom is 0.274 e. The van der Waals surface area contributed by atoms with E-state index in [9.17, 15) is 4.79 Å². The van der Waals surface area contributed by atoms with Crippen molar-refractivity contribution in [3.63, 3.8) is 0 Å². The highest BCUT2D eigenvalue weighted by atomic mass is 16.5. The molecule has 1 aliphatic rings. The van der Waals surface area contributed by atoms with Crippen LogP contribution in [0.2, 0.25) is 0 Å². The van der Waals surface area contributed by atoms with E-state index in [1.165, 1.54) is 5.56 Å². The van der Waals surface area contributed by atoms with Crippen LogP contribution in [0.25, 0.3) is 0 Å². The first-order valence-corrected chi connectivity index (χ1v) is 9.15. The predicted octanol–water partition coefficient (Wildman–Crippen LogP) is 2.77. The smallest absolute Gasteiger partial charge is 0.274 e. The van der Waals surface area contributed by atoms with Crippen LogP contribution in [0.15, 0.2) is 60.8 Å². The topological polar surface area (TPSA) is 90.4 Å². The largest absolute Gasteiger partial charge is 0.352 e. The fourth-order valence-electron chi connectivity index (χ4n) is 3.34. The van der Waals surface area contributed by atoms with Gasteiger partial charge in [0, 0.05) is 31.4 Å². The molecular weight excluding hydrogens is 354 g/mol. The molecular formula is C21H21N5O2. The quantitative estimate of drug-likeness (QED) is 0.469. The summed E-state index contributed by atoms with van der Waals surface area (Å²) >= 11 is 0. The molecule has 2 aromatic carbocycles. The van der Waals surface area contributed by atoms with E-state index in [-0.39, 0.29) is 0 Å². The van der Waals surface area contributed by atoms with Crippen LogP contribution in [0.5, 0.6) is 0 Å². The Hall–Kier alpha value is -3.45. The summed E-state index contributed by atoms with van der Waals surface area (Å²) < 4.78 is 0. The van der Waals surface area contributed by atoms with Crippen molar-refractivity contribution in [2.75, 3.05) is 16.8 Å². The van der Waals surface area contributed by atoms with E-state index >= 15 is 0 Å². The molecule has 7 nitrogen and oxygen atoms in total. The lowest BCUT2D eigenvalue weighted by Crippen LogP contribution is -2.31. The minimum Gasteiger partial charge on any atom is -0.352 e. The Morgan fingerprint density at radius 2 is 1.96 bits per heavy atom. The summed E-state index contributed by atoms with van der Waals surface area (Å²) in [6, 6.07) is 17.5. The van der Waals surface area contributed by atoms with E-state index in [0.717, 1.165) is 29.9 Å². The lowest BCUT2D eigenvalue weighted by molar-refractivity contribution is 0.0706. The summed E-state index contributed by atoms with van der Waals surface area (Å²) in [7, 11) is 0.